The van der Waals surface area contributed by atoms with Crippen molar-refractivity contribution in [3.05, 3.63) is 40.3 Å². The number of carbonyl (C=O) groups is 3. The fourth-order valence-electron chi connectivity index (χ4n) is 2.00. The van der Waals surface area contributed by atoms with Crippen LogP contribution in [0.4, 0.5) is 0 Å². The van der Waals surface area contributed by atoms with Crippen molar-refractivity contribution in [1.82, 2.24) is 4.90 Å². The van der Waals surface area contributed by atoms with Crippen molar-refractivity contribution in [3.8, 4) is 0 Å². The number of aromatic carboxylic acids is 1. The van der Waals surface area contributed by atoms with Gasteiger partial charge in [0.05, 0.1) is 23.5 Å². The van der Waals surface area contributed by atoms with Gasteiger partial charge in [0.15, 0.2) is 0 Å². The fourth-order valence-corrected chi connectivity index (χ4v) is 3.31. The summed E-state index contributed by atoms with van der Waals surface area (Å²) >= 11 is 6.33. The number of amides is 1. The van der Waals surface area contributed by atoms with Crippen molar-refractivity contribution in [2.75, 3.05) is 13.2 Å². The van der Waals surface area contributed by atoms with E-state index in [1.54, 1.807) is 25.1 Å². The molecule has 0 aliphatic carbocycles. The number of benzene rings is 1. The lowest BCUT2D eigenvalue weighted by Gasteiger charge is -2.13. The molecule has 1 N–H and O–H groups in total. The number of carbonyl (C=O) groups excluding carboxylic acids is 2. The summed E-state index contributed by atoms with van der Waals surface area (Å²) in [6.45, 7) is 2.19. The van der Waals surface area contributed by atoms with Crippen molar-refractivity contribution in [2.24, 2.45) is 0 Å². The molecule has 126 valence electrons. The van der Waals surface area contributed by atoms with Crippen molar-refractivity contribution >= 4 is 52.2 Å². The minimum Gasteiger partial charge on any atom is -0.478 e. The van der Waals surface area contributed by atoms with E-state index in [0.717, 1.165) is 11.8 Å². The van der Waals surface area contributed by atoms with Gasteiger partial charge in [-0.25, -0.2) is 4.79 Å². The van der Waals surface area contributed by atoms with E-state index in [-0.39, 0.29) is 30.4 Å². The fraction of sp³-hybridized carbons (Fsp3) is 0.250. The third-order valence-electron chi connectivity index (χ3n) is 3.17. The Hall–Kier alpha value is -2.19. The van der Waals surface area contributed by atoms with E-state index >= 15 is 0 Å². The third-order valence-corrected chi connectivity index (χ3v) is 4.55. The van der Waals surface area contributed by atoms with Gasteiger partial charge < -0.3 is 9.84 Å². The summed E-state index contributed by atoms with van der Waals surface area (Å²) in [7, 11) is 0. The van der Waals surface area contributed by atoms with Crippen LogP contribution in [0.25, 0.3) is 6.08 Å². The lowest BCUT2D eigenvalue weighted by molar-refractivity contribution is -0.143. The molecule has 24 heavy (non-hydrogen) atoms. The molecule has 1 amide bonds. The van der Waals surface area contributed by atoms with Crippen LogP contribution in [0.2, 0.25) is 0 Å². The number of nitrogens with zero attached hydrogens (tertiary/aromatic N) is 1. The van der Waals surface area contributed by atoms with Crippen molar-refractivity contribution < 1.29 is 24.2 Å². The van der Waals surface area contributed by atoms with E-state index in [1.807, 2.05) is 0 Å². The first-order chi connectivity index (χ1) is 11.4. The summed E-state index contributed by atoms with van der Waals surface area (Å²) < 4.78 is 5.22. The Morgan fingerprint density at radius 1 is 1.33 bits per heavy atom. The topological polar surface area (TPSA) is 83.9 Å². The molecule has 0 unspecified atom stereocenters. The molecule has 8 heteroatoms. The first-order valence-corrected chi connectivity index (χ1v) is 8.39. The Bertz CT molecular complexity index is 712. The van der Waals surface area contributed by atoms with E-state index in [2.05, 4.69) is 0 Å². The van der Waals surface area contributed by atoms with E-state index in [9.17, 15) is 14.4 Å². The van der Waals surface area contributed by atoms with Crippen molar-refractivity contribution in [1.29, 1.82) is 0 Å². The Balaban J connectivity index is 2.07. The number of esters is 1. The second kappa shape index (κ2) is 8.07. The Morgan fingerprint density at radius 2 is 2.00 bits per heavy atom. The molecule has 0 bridgehead atoms. The summed E-state index contributed by atoms with van der Waals surface area (Å²) in [5, 5.41) is 8.88. The maximum Gasteiger partial charge on any atom is 0.335 e. The van der Waals surface area contributed by atoms with Crippen molar-refractivity contribution in [3.63, 3.8) is 0 Å². The van der Waals surface area contributed by atoms with Gasteiger partial charge in [-0.2, -0.15) is 0 Å². The maximum absolute atomic E-state index is 12.4. The molecule has 1 aromatic carbocycles. The van der Waals surface area contributed by atoms with Crippen LogP contribution in [0.15, 0.2) is 29.2 Å². The van der Waals surface area contributed by atoms with Crippen LogP contribution in [0, 0.1) is 0 Å². The molecule has 1 fully saturated rings. The van der Waals surface area contributed by atoms with Gasteiger partial charge in [-0.3, -0.25) is 14.5 Å². The highest BCUT2D eigenvalue weighted by Gasteiger charge is 2.32. The molecule has 0 atom stereocenters. The second-order valence-corrected chi connectivity index (χ2v) is 6.49. The monoisotopic (exact) mass is 365 g/mol. The molecule has 0 aromatic heterocycles. The van der Waals surface area contributed by atoms with Gasteiger partial charge >= 0.3 is 11.9 Å². The van der Waals surface area contributed by atoms with Gasteiger partial charge in [0.25, 0.3) is 5.91 Å². The highest BCUT2D eigenvalue weighted by Crippen LogP contribution is 2.32. The molecule has 1 saturated heterocycles. The predicted molar refractivity (Wildman–Crippen MR) is 94.5 cm³/mol. The predicted octanol–water partition coefficient (Wildman–Crippen LogP) is 2.54. The molecule has 1 heterocycles. The minimum absolute atomic E-state index is 0.0842. The number of thiocarbonyl (C=S) groups is 1. The van der Waals surface area contributed by atoms with Gasteiger partial charge in [0, 0.05) is 6.54 Å². The van der Waals surface area contributed by atoms with Crippen molar-refractivity contribution in [2.45, 2.75) is 13.3 Å². The van der Waals surface area contributed by atoms with Crippen LogP contribution in [0.3, 0.4) is 0 Å². The SMILES string of the molecule is CCOC(=O)CCN1C(=O)/C(=C/c2ccc(C(=O)O)cc2)SC1=S. The van der Waals surface area contributed by atoms with Crippen LogP contribution in [-0.4, -0.2) is 45.3 Å². The highest BCUT2D eigenvalue weighted by molar-refractivity contribution is 8.26. The van der Waals surface area contributed by atoms with E-state index in [4.69, 9.17) is 22.1 Å². The van der Waals surface area contributed by atoms with Gasteiger partial charge in [-0.15, -0.1) is 0 Å². The number of rotatable bonds is 6. The molecular weight excluding hydrogens is 350 g/mol. The number of carboxylic acids is 1. The lowest BCUT2D eigenvalue weighted by atomic mass is 10.1. The van der Waals surface area contributed by atoms with E-state index in [1.165, 1.54) is 17.0 Å². The average molecular weight is 365 g/mol. The Morgan fingerprint density at radius 3 is 2.58 bits per heavy atom. The van der Waals surface area contributed by atoms with E-state index < -0.39 is 5.97 Å². The first kappa shape index (κ1) is 18.2. The quantitative estimate of drug-likeness (QED) is 0.471. The molecule has 0 radical (unpaired) electrons. The summed E-state index contributed by atoms with van der Waals surface area (Å²) in [4.78, 5) is 36.4. The molecule has 2 rings (SSSR count). The van der Waals surface area contributed by atoms with Crippen LogP contribution in [0.5, 0.6) is 0 Å². The van der Waals surface area contributed by atoms with Crippen LogP contribution in [0.1, 0.15) is 29.3 Å². The van der Waals surface area contributed by atoms with Gasteiger partial charge in [0.1, 0.15) is 4.32 Å². The third kappa shape index (κ3) is 4.42. The minimum atomic E-state index is -1.01. The zero-order valence-corrected chi connectivity index (χ0v) is 14.5. The van der Waals surface area contributed by atoms with Crippen LogP contribution in [-0.2, 0) is 14.3 Å². The van der Waals surface area contributed by atoms with Gasteiger partial charge in [-0.1, -0.05) is 36.1 Å². The number of hydrogen-bond acceptors (Lipinski definition) is 6. The highest BCUT2D eigenvalue weighted by atomic mass is 32.2. The molecule has 1 aliphatic rings. The number of hydrogen-bond donors (Lipinski definition) is 1. The number of thioether (sulfide) groups is 1. The van der Waals surface area contributed by atoms with Gasteiger partial charge in [0.2, 0.25) is 0 Å². The lowest BCUT2D eigenvalue weighted by Crippen LogP contribution is -2.30. The number of ether oxygens (including phenoxy) is 1. The first-order valence-electron chi connectivity index (χ1n) is 7.16. The largest absolute Gasteiger partial charge is 0.478 e. The molecule has 1 aromatic rings. The standard InChI is InChI=1S/C16H15NO5S2/c1-2-22-13(18)7-8-17-14(19)12(24-16(17)23)9-10-3-5-11(6-4-10)15(20)21/h3-6,9H,2,7-8H2,1H3,(H,20,21)/b12-9-. The molecule has 6 nitrogen and oxygen atoms in total. The molecular formula is C16H15NO5S2. The summed E-state index contributed by atoms with van der Waals surface area (Å²) in [6, 6.07) is 6.18. The molecule has 0 spiro atoms. The molecule has 1 aliphatic heterocycles. The number of carboxylic acid groups (broad SMARTS) is 1. The van der Waals surface area contributed by atoms with E-state index in [0.29, 0.717) is 21.4 Å². The maximum atomic E-state index is 12.4. The zero-order chi connectivity index (χ0) is 17.7. The molecule has 0 saturated carbocycles. The second-order valence-electron chi connectivity index (χ2n) is 4.82. The summed E-state index contributed by atoms with van der Waals surface area (Å²) in [5.74, 6) is -1.65. The zero-order valence-electron chi connectivity index (χ0n) is 12.9. The summed E-state index contributed by atoms with van der Waals surface area (Å²) in [5.41, 5.74) is 0.875. The smallest absolute Gasteiger partial charge is 0.335 e. The van der Waals surface area contributed by atoms with Crippen LogP contribution < -0.4 is 0 Å². The van der Waals surface area contributed by atoms with Crippen LogP contribution >= 0.6 is 24.0 Å². The Labute approximate surface area is 148 Å². The average Bonchev–Trinajstić information content (AvgIpc) is 2.80. The summed E-state index contributed by atoms with van der Waals surface area (Å²) in [6.07, 6.45) is 1.73. The normalized spacial score (nSPS) is 15.9. The van der Waals surface area contributed by atoms with Gasteiger partial charge in [-0.05, 0) is 30.7 Å². The Kier molecular flexibility index (Phi) is 6.10.